The van der Waals surface area contributed by atoms with Gasteiger partial charge in [-0.05, 0) is 19.3 Å². The lowest BCUT2D eigenvalue weighted by Crippen LogP contribution is -2.38. The van der Waals surface area contributed by atoms with Crippen LogP contribution in [0.5, 0.6) is 0 Å². The Morgan fingerprint density at radius 3 is 2.56 bits per heavy atom. The third kappa shape index (κ3) is 5.19. The number of aliphatic hydroxyl groups is 1. The molecule has 1 aromatic heterocycles. The summed E-state index contributed by atoms with van der Waals surface area (Å²) in [5.41, 5.74) is 0.381. The van der Waals surface area contributed by atoms with Crippen molar-refractivity contribution >= 4 is 0 Å². The van der Waals surface area contributed by atoms with Crippen LogP contribution in [-0.4, -0.2) is 27.2 Å². The molecular weight excluding hydrogens is 202 g/mol. The van der Waals surface area contributed by atoms with E-state index in [0.29, 0.717) is 19.0 Å². The van der Waals surface area contributed by atoms with Gasteiger partial charge in [0.1, 0.15) is 6.33 Å². The van der Waals surface area contributed by atoms with Crippen molar-refractivity contribution in [3.63, 3.8) is 0 Å². The molecule has 0 amide bonds. The third-order valence-electron chi connectivity index (χ3n) is 2.30. The summed E-state index contributed by atoms with van der Waals surface area (Å²) in [4.78, 5) is 7.87. The quantitative estimate of drug-likeness (QED) is 0.764. The third-order valence-corrected chi connectivity index (χ3v) is 2.30. The molecule has 0 saturated heterocycles. The predicted molar refractivity (Wildman–Crippen MR) is 63.8 cm³/mol. The molecule has 1 heterocycles. The first-order valence-corrected chi connectivity index (χ1v) is 5.66. The van der Waals surface area contributed by atoms with E-state index in [2.05, 4.69) is 29.1 Å². The van der Waals surface area contributed by atoms with E-state index in [1.54, 1.807) is 12.4 Å². The fourth-order valence-electron chi connectivity index (χ4n) is 1.85. The van der Waals surface area contributed by atoms with Crippen LogP contribution in [0.15, 0.2) is 18.7 Å². The van der Waals surface area contributed by atoms with Gasteiger partial charge < -0.3 is 10.4 Å². The molecular formula is C12H21N3O. The van der Waals surface area contributed by atoms with E-state index in [0.717, 1.165) is 12.0 Å². The number of hydrogen-bond acceptors (Lipinski definition) is 4. The van der Waals surface area contributed by atoms with E-state index in [1.807, 2.05) is 6.92 Å². The Balaban J connectivity index is 2.30. The Morgan fingerprint density at radius 1 is 1.38 bits per heavy atom. The van der Waals surface area contributed by atoms with E-state index < -0.39 is 5.60 Å². The monoisotopic (exact) mass is 223 g/mol. The fourth-order valence-corrected chi connectivity index (χ4v) is 1.85. The highest BCUT2D eigenvalue weighted by atomic mass is 16.3. The van der Waals surface area contributed by atoms with E-state index in [1.165, 1.54) is 6.33 Å². The van der Waals surface area contributed by atoms with Crippen molar-refractivity contribution in [2.24, 2.45) is 5.92 Å². The smallest absolute Gasteiger partial charge is 0.115 e. The van der Waals surface area contributed by atoms with Gasteiger partial charge in [-0.15, -0.1) is 0 Å². The second-order valence-corrected chi connectivity index (χ2v) is 4.95. The minimum absolute atomic E-state index is 0.497. The maximum Gasteiger partial charge on any atom is 0.115 e. The molecule has 0 aliphatic heterocycles. The van der Waals surface area contributed by atoms with Crippen LogP contribution in [0, 0.1) is 5.92 Å². The van der Waals surface area contributed by atoms with Gasteiger partial charge in [0.25, 0.3) is 0 Å². The van der Waals surface area contributed by atoms with Gasteiger partial charge in [0.2, 0.25) is 0 Å². The molecule has 0 aliphatic rings. The molecule has 0 aromatic carbocycles. The summed E-state index contributed by atoms with van der Waals surface area (Å²) >= 11 is 0. The Bertz CT molecular complexity index is 298. The van der Waals surface area contributed by atoms with Crippen LogP contribution in [0.3, 0.4) is 0 Å². The molecule has 1 atom stereocenters. The highest BCUT2D eigenvalue weighted by molar-refractivity contribution is 5.01. The topological polar surface area (TPSA) is 58.0 Å². The van der Waals surface area contributed by atoms with Crippen LogP contribution in [-0.2, 0) is 6.54 Å². The number of hydrogen-bond donors (Lipinski definition) is 2. The number of aromatic nitrogens is 2. The minimum atomic E-state index is -0.649. The summed E-state index contributed by atoms with van der Waals surface area (Å²) in [5, 5.41) is 13.3. The van der Waals surface area contributed by atoms with E-state index in [4.69, 9.17) is 0 Å². The fraction of sp³-hybridized carbons (Fsp3) is 0.667. The van der Waals surface area contributed by atoms with Gasteiger partial charge in [0.05, 0.1) is 5.60 Å². The average Bonchev–Trinajstić information content (AvgIpc) is 2.16. The summed E-state index contributed by atoms with van der Waals surface area (Å²) in [5.74, 6) is 0.497. The highest BCUT2D eigenvalue weighted by Crippen LogP contribution is 2.15. The summed E-state index contributed by atoms with van der Waals surface area (Å²) in [6, 6.07) is 0. The molecule has 90 valence electrons. The molecule has 2 N–H and O–H groups in total. The molecule has 16 heavy (non-hydrogen) atoms. The predicted octanol–water partition coefficient (Wildman–Crippen LogP) is 1.36. The molecule has 0 aliphatic carbocycles. The van der Waals surface area contributed by atoms with Gasteiger partial charge in [-0.1, -0.05) is 13.8 Å². The zero-order chi connectivity index (χ0) is 12.0. The summed E-state index contributed by atoms with van der Waals surface area (Å²) in [6.07, 6.45) is 5.86. The van der Waals surface area contributed by atoms with Gasteiger partial charge in [0.15, 0.2) is 0 Å². The maximum atomic E-state index is 10.1. The lowest BCUT2D eigenvalue weighted by molar-refractivity contribution is 0.0383. The largest absolute Gasteiger partial charge is 0.389 e. The lowest BCUT2D eigenvalue weighted by atomic mass is 9.94. The molecule has 4 nitrogen and oxygen atoms in total. The number of rotatable bonds is 6. The summed E-state index contributed by atoms with van der Waals surface area (Å²) in [6.45, 7) is 7.36. The lowest BCUT2D eigenvalue weighted by Gasteiger charge is -2.25. The Labute approximate surface area is 97.1 Å². The number of nitrogens with zero attached hydrogens (tertiary/aromatic N) is 2. The molecule has 0 fully saturated rings. The average molecular weight is 223 g/mol. The van der Waals surface area contributed by atoms with Gasteiger partial charge >= 0.3 is 0 Å². The van der Waals surface area contributed by atoms with E-state index >= 15 is 0 Å². The Kier molecular flexibility index (Phi) is 4.83. The molecule has 0 bridgehead atoms. The molecule has 0 saturated carbocycles. The van der Waals surface area contributed by atoms with Crippen LogP contribution < -0.4 is 5.32 Å². The normalized spacial score (nSPS) is 15.1. The van der Waals surface area contributed by atoms with Gasteiger partial charge in [-0.25, -0.2) is 9.97 Å². The van der Waals surface area contributed by atoms with Crippen molar-refractivity contribution < 1.29 is 5.11 Å². The van der Waals surface area contributed by atoms with Crippen molar-refractivity contribution in [3.05, 3.63) is 24.3 Å². The first-order chi connectivity index (χ1) is 7.49. The molecule has 0 spiro atoms. The zero-order valence-corrected chi connectivity index (χ0v) is 10.3. The van der Waals surface area contributed by atoms with Crippen LogP contribution in [0.2, 0.25) is 0 Å². The molecule has 4 heteroatoms. The second-order valence-electron chi connectivity index (χ2n) is 4.95. The SMILES string of the molecule is CC(C)CC(C)(O)CNCc1cncnc1. The van der Waals surface area contributed by atoms with Gasteiger partial charge in [0, 0.05) is 31.0 Å². The van der Waals surface area contributed by atoms with Gasteiger partial charge in [-0.3, -0.25) is 0 Å². The first kappa shape index (κ1) is 13.1. The Morgan fingerprint density at radius 2 is 2.00 bits per heavy atom. The van der Waals surface area contributed by atoms with E-state index in [9.17, 15) is 5.11 Å². The zero-order valence-electron chi connectivity index (χ0n) is 10.3. The standard InChI is InChI=1S/C12H21N3O/c1-10(2)4-12(3,16)8-13-5-11-6-14-9-15-7-11/h6-7,9-10,13,16H,4-5,8H2,1-3H3. The number of nitrogens with one attached hydrogen (secondary N) is 1. The minimum Gasteiger partial charge on any atom is -0.389 e. The maximum absolute atomic E-state index is 10.1. The molecule has 0 radical (unpaired) electrons. The Hall–Kier alpha value is -1.00. The summed E-state index contributed by atoms with van der Waals surface area (Å²) in [7, 11) is 0. The van der Waals surface area contributed by atoms with Crippen LogP contribution in [0.25, 0.3) is 0 Å². The summed E-state index contributed by atoms with van der Waals surface area (Å²) < 4.78 is 0. The van der Waals surface area contributed by atoms with Crippen molar-refractivity contribution in [1.29, 1.82) is 0 Å². The van der Waals surface area contributed by atoms with Crippen LogP contribution in [0.4, 0.5) is 0 Å². The van der Waals surface area contributed by atoms with Crippen molar-refractivity contribution in [3.8, 4) is 0 Å². The van der Waals surface area contributed by atoms with Crippen molar-refractivity contribution in [2.45, 2.75) is 39.3 Å². The highest BCUT2D eigenvalue weighted by Gasteiger charge is 2.20. The van der Waals surface area contributed by atoms with Gasteiger partial charge in [-0.2, -0.15) is 0 Å². The van der Waals surface area contributed by atoms with Crippen LogP contribution >= 0.6 is 0 Å². The molecule has 1 rings (SSSR count). The second kappa shape index (κ2) is 5.92. The van der Waals surface area contributed by atoms with Crippen molar-refractivity contribution in [1.82, 2.24) is 15.3 Å². The first-order valence-electron chi connectivity index (χ1n) is 5.66. The van der Waals surface area contributed by atoms with Crippen LogP contribution in [0.1, 0.15) is 32.8 Å². The van der Waals surface area contributed by atoms with E-state index in [-0.39, 0.29) is 0 Å². The molecule has 1 aromatic rings. The molecule has 1 unspecified atom stereocenters. The van der Waals surface area contributed by atoms with Crippen molar-refractivity contribution in [2.75, 3.05) is 6.54 Å².